The first-order valence-corrected chi connectivity index (χ1v) is 8.92. The fraction of sp³-hybridized carbons (Fsp3) is 0.300. The molecule has 0 unspecified atom stereocenters. The minimum Gasteiger partial charge on any atom is -0.459 e. The second-order valence-corrected chi connectivity index (χ2v) is 6.31. The minimum atomic E-state index is 0.627. The molecule has 1 fully saturated rings. The van der Waals surface area contributed by atoms with Gasteiger partial charge >= 0.3 is 0 Å². The third-order valence-electron chi connectivity index (χ3n) is 4.66. The third kappa shape index (κ3) is 3.49. The van der Waals surface area contributed by atoms with Gasteiger partial charge < -0.3 is 19.5 Å². The van der Waals surface area contributed by atoms with Crippen molar-refractivity contribution in [1.82, 2.24) is 15.2 Å². The number of hydrogen-bond donors (Lipinski definition) is 1. The SMILES string of the molecule is CN=C(NCc1cc2ccccc2o1)N1CCN(c2ccccn2)CC1. The Morgan fingerprint density at radius 3 is 2.65 bits per heavy atom. The predicted octanol–water partition coefficient (Wildman–Crippen LogP) is 2.73. The number of guanidine groups is 1. The molecule has 3 heterocycles. The summed E-state index contributed by atoms with van der Waals surface area (Å²) in [6.45, 7) is 4.32. The van der Waals surface area contributed by atoms with E-state index in [0.29, 0.717) is 6.54 Å². The molecule has 26 heavy (non-hydrogen) atoms. The van der Waals surface area contributed by atoms with E-state index in [4.69, 9.17) is 4.42 Å². The van der Waals surface area contributed by atoms with Crippen LogP contribution in [0.1, 0.15) is 5.76 Å². The van der Waals surface area contributed by atoms with Crippen LogP contribution in [0.5, 0.6) is 0 Å². The number of furan rings is 1. The summed E-state index contributed by atoms with van der Waals surface area (Å²) in [6.07, 6.45) is 1.84. The number of benzene rings is 1. The van der Waals surface area contributed by atoms with Crippen LogP contribution in [-0.4, -0.2) is 49.1 Å². The number of aliphatic imine (C=N–C) groups is 1. The standard InChI is InChI=1S/C20H23N5O/c1-21-20(23-15-17-14-16-6-2-3-7-18(16)26-17)25-12-10-24(11-13-25)19-8-4-5-9-22-19/h2-9,14H,10-13,15H2,1H3,(H,21,23). The summed E-state index contributed by atoms with van der Waals surface area (Å²) >= 11 is 0. The van der Waals surface area contributed by atoms with Crippen LogP contribution in [0, 0.1) is 0 Å². The van der Waals surface area contributed by atoms with Gasteiger partial charge in [-0.1, -0.05) is 24.3 Å². The Balaban J connectivity index is 1.35. The van der Waals surface area contributed by atoms with Crippen molar-refractivity contribution in [3.63, 3.8) is 0 Å². The van der Waals surface area contributed by atoms with Gasteiger partial charge in [-0.2, -0.15) is 0 Å². The summed E-state index contributed by atoms with van der Waals surface area (Å²) in [5.74, 6) is 2.86. The van der Waals surface area contributed by atoms with Gasteiger partial charge in [-0.15, -0.1) is 0 Å². The molecule has 134 valence electrons. The summed E-state index contributed by atoms with van der Waals surface area (Å²) < 4.78 is 5.87. The smallest absolute Gasteiger partial charge is 0.194 e. The molecule has 1 aliphatic heterocycles. The van der Waals surface area contributed by atoms with Gasteiger partial charge in [0.15, 0.2) is 5.96 Å². The van der Waals surface area contributed by atoms with Gasteiger partial charge in [-0.25, -0.2) is 4.98 Å². The molecule has 0 bridgehead atoms. The average molecular weight is 349 g/mol. The van der Waals surface area contributed by atoms with Crippen molar-refractivity contribution in [3.8, 4) is 0 Å². The highest BCUT2D eigenvalue weighted by molar-refractivity contribution is 5.81. The highest BCUT2D eigenvalue weighted by Crippen LogP contribution is 2.18. The Morgan fingerprint density at radius 1 is 1.12 bits per heavy atom. The van der Waals surface area contributed by atoms with E-state index in [-0.39, 0.29) is 0 Å². The van der Waals surface area contributed by atoms with Gasteiger partial charge in [0.05, 0.1) is 6.54 Å². The highest BCUT2D eigenvalue weighted by atomic mass is 16.3. The van der Waals surface area contributed by atoms with Crippen LogP contribution in [0.2, 0.25) is 0 Å². The van der Waals surface area contributed by atoms with Crippen molar-refractivity contribution in [2.75, 3.05) is 38.1 Å². The number of piperazine rings is 1. The summed E-state index contributed by atoms with van der Waals surface area (Å²) in [5.41, 5.74) is 0.920. The maximum atomic E-state index is 5.87. The van der Waals surface area contributed by atoms with Crippen LogP contribution in [0.15, 0.2) is 64.1 Å². The van der Waals surface area contributed by atoms with E-state index in [9.17, 15) is 0 Å². The zero-order chi connectivity index (χ0) is 17.8. The zero-order valence-corrected chi connectivity index (χ0v) is 14.9. The molecule has 6 heteroatoms. The molecule has 1 saturated heterocycles. The summed E-state index contributed by atoms with van der Waals surface area (Å²) in [4.78, 5) is 13.5. The number of fused-ring (bicyclic) bond motifs is 1. The summed E-state index contributed by atoms with van der Waals surface area (Å²) in [6, 6.07) is 16.2. The molecule has 0 spiro atoms. The monoisotopic (exact) mass is 349 g/mol. The van der Waals surface area contributed by atoms with Gasteiger partial charge in [-0.05, 0) is 24.3 Å². The lowest BCUT2D eigenvalue weighted by atomic mass is 10.2. The van der Waals surface area contributed by atoms with Gasteiger partial charge in [-0.3, -0.25) is 4.99 Å². The Morgan fingerprint density at radius 2 is 1.92 bits per heavy atom. The maximum absolute atomic E-state index is 5.87. The fourth-order valence-electron chi connectivity index (χ4n) is 3.31. The third-order valence-corrected chi connectivity index (χ3v) is 4.66. The van der Waals surface area contributed by atoms with Crippen LogP contribution in [0.25, 0.3) is 11.0 Å². The molecule has 1 N–H and O–H groups in total. The van der Waals surface area contributed by atoms with Crippen LogP contribution < -0.4 is 10.2 Å². The minimum absolute atomic E-state index is 0.627. The lowest BCUT2D eigenvalue weighted by Gasteiger charge is -2.37. The second-order valence-electron chi connectivity index (χ2n) is 6.31. The molecule has 0 radical (unpaired) electrons. The molecule has 0 amide bonds. The Hall–Kier alpha value is -3.02. The molecule has 1 aromatic carbocycles. The van der Waals surface area contributed by atoms with Crippen molar-refractivity contribution in [2.24, 2.45) is 4.99 Å². The van der Waals surface area contributed by atoms with Crippen molar-refractivity contribution in [2.45, 2.75) is 6.54 Å². The normalized spacial score (nSPS) is 15.5. The van der Waals surface area contributed by atoms with Crippen LogP contribution in [0.4, 0.5) is 5.82 Å². The fourth-order valence-corrected chi connectivity index (χ4v) is 3.31. The Kier molecular flexibility index (Phi) is 4.73. The first kappa shape index (κ1) is 16.4. The van der Waals surface area contributed by atoms with Crippen molar-refractivity contribution in [1.29, 1.82) is 0 Å². The number of rotatable bonds is 3. The molecule has 0 aliphatic carbocycles. The van der Waals surface area contributed by atoms with E-state index in [1.54, 1.807) is 0 Å². The van der Waals surface area contributed by atoms with E-state index >= 15 is 0 Å². The molecule has 4 rings (SSSR count). The largest absolute Gasteiger partial charge is 0.459 e. The van der Waals surface area contributed by atoms with E-state index < -0.39 is 0 Å². The number of aromatic nitrogens is 1. The van der Waals surface area contributed by atoms with Gasteiger partial charge in [0.2, 0.25) is 0 Å². The summed E-state index contributed by atoms with van der Waals surface area (Å²) in [7, 11) is 1.83. The number of pyridine rings is 1. The molecular weight excluding hydrogens is 326 g/mol. The number of hydrogen-bond acceptors (Lipinski definition) is 4. The predicted molar refractivity (Wildman–Crippen MR) is 104 cm³/mol. The zero-order valence-electron chi connectivity index (χ0n) is 14.9. The second kappa shape index (κ2) is 7.47. The molecule has 1 aliphatic rings. The quantitative estimate of drug-likeness (QED) is 0.582. The molecule has 0 saturated carbocycles. The summed E-state index contributed by atoms with van der Waals surface area (Å²) in [5, 5.41) is 4.55. The van der Waals surface area contributed by atoms with Crippen LogP contribution in [-0.2, 0) is 6.54 Å². The van der Waals surface area contributed by atoms with Gasteiger partial charge in [0, 0.05) is 44.8 Å². The van der Waals surface area contributed by atoms with Crippen LogP contribution >= 0.6 is 0 Å². The number of nitrogens with zero attached hydrogens (tertiary/aromatic N) is 4. The van der Waals surface area contributed by atoms with Crippen LogP contribution in [0.3, 0.4) is 0 Å². The molecule has 0 atom stereocenters. The average Bonchev–Trinajstić information content (AvgIpc) is 3.12. The number of anilines is 1. The Bertz CT molecular complexity index is 848. The molecule has 6 nitrogen and oxygen atoms in total. The molecule has 2 aromatic heterocycles. The first-order valence-electron chi connectivity index (χ1n) is 8.92. The topological polar surface area (TPSA) is 56.9 Å². The van der Waals surface area contributed by atoms with E-state index in [1.165, 1.54) is 0 Å². The van der Waals surface area contributed by atoms with E-state index in [1.807, 2.05) is 43.6 Å². The Labute approximate surface area is 153 Å². The van der Waals surface area contributed by atoms with Gasteiger partial charge in [0.25, 0.3) is 0 Å². The molecule has 3 aromatic rings. The number of para-hydroxylation sites is 1. The van der Waals surface area contributed by atoms with E-state index in [0.717, 1.165) is 54.7 Å². The number of nitrogens with one attached hydrogen (secondary N) is 1. The maximum Gasteiger partial charge on any atom is 0.194 e. The lowest BCUT2D eigenvalue weighted by molar-refractivity contribution is 0.369. The first-order chi connectivity index (χ1) is 12.8. The molecular formula is C20H23N5O. The van der Waals surface area contributed by atoms with Crippen molar-refractivity contribution in [3.05, 3.63) is 60.5 Å². The van der Waals surface area contributed by atoms with E-state index in [2.05, 4.69) is 43.3 Å². The van der Waals surface area contributed by atoms with Crippen molar-refractivity contribution >= 4 is 22.7 Å². The van der Waals surface area contributed by atoms with Crippen molar-refractivity contribution < 1.29 is 4.42 Å². The lowest BCUT2D eigenvalue weighted by Crippen LogP contribution is -2.52. The van der Waals surface area contributed by atoms with Gasteiger partial charge in [0.1, 0.15) is 17.2 Å². The highest BCUT2D eigenvalue weighted by Gasteiger charge is 2.20.